The van der Waals surface area contributed by atoms with Crippen LogP contribution in [0.5, 0.6) is 0 Å². The molecular formula is C42H47Cl2Zr-3. The Morgan fingerprint density at radius 3 is 1.02 bits per heavy atom. The molecule has 45 heavy (non-hydrogen) atoms. The van der Waals surface area contributed by atoms with Crippen molar-refractivity contribution < 1.29 is 20.8 Å². The first-order valence-corrected chi connectivity index (χ1v) is 21.8. The van der Waals surface area contributed by atoms with E-state index >= 15 is 0 Å². The molecule has 0 saturated carbocycles. The zero-order chi connectivity index (χ0) is 33.6. The molecule has 6 rings (SSSR count). The Hall–Kier alpha value is -2.44. The molecule has 0 aliphatic carbocycles. The predicted octanol–water partition coefficient (Wildman–Crippen LogP) is 13.8. The molecule has 0 saturated heterocycles. The van der Waals surface area contributed by atoms with Gasteiger partial charge in [0.25, 0.3) is 0 Å². The van der Waals surface area contributed by atoms with E-state index < -0.39 is 20.8 Å². The third kappa shape index (κ3) is 8.89. The van der Waals surface area contributed by atoms with Gasteiger partial charge in [0.05, 0.1) is 0 Å². The SMILES string of the molecule is Cc1cc(C)cc(-c2c(C)cc(C)c3[cH-]c(C)cc23)c1.Cc1cc(C)cc(-c2c(C)cc(C)c3[cH-]c(C)cc23)c1.[CH2-]C.[Cl][Zr][Cl]. The van der Waals surface area contributed by atoms with Gasteiger partial charge in [-0.15, -0.1) is 55.9 Å². The normalized spacial score (nSPS) is 10.4. The van der Waals surface area contributed by atoms with E-state index in [4.69, 9.17) is 17.0 Å². The number of benzene rings is 4. The van der Waals surface area contributed by atoms with Crippen LogP contribution in [-0.4, -0.2) is 0 Å². The van der Waals surface area contributed by atoms with Gasteiger partial charge in [0.2, 0.25) is 0 Å². The molecule has 236 valence electrons. The standard InChI is InChI=1S/2C20H21.C2H5.2ClH.Zr/c2*1-12-6-13(2)8-17(7-12)20-16(5)11-15(4)18-9-14(3)10-19(18)20;1-2;;;/h2*6-11H,1-5H3;1H2,2H3;2*1H;/q3*-1;;;+2/p-2. The second kappa shape index (κ2) is 16.4. The summed E-state index contributed by atoms with van der Waals surface area (Å²) in [6.45, 7) is 26.9. The molecule has 3 heteroatoms. The summed E-state index contributed by atoms with van der Waals surface area (Å²) < 4.78 is 0. The van der Waals surface area contributed by atoms with E-state index in [1.807, 2.05) is 0 Å². The molecule has 6 aromatic rings. The molecule has 0 unspecified atom stereocenters. The molecule has 0 aliphatic rings. The fraction of sp³-hybridized carbons (Fsp3) is 0.262. The Labute approximate surface area is 291 Å². The van der Waals surface area contributed by atoms with Crippen molar-refractivity contribution in [3.63, 3.8) is 0 Å². The molecule has 0 aliphatic heterocycles. The number of aryl methyl sites for hydroxylation is 10. The minimum absolute atomic E-state index is 0.826. The van der Waals surface area contributed by atoms with Crippen LogP contribution >= 0.6 is 17.0 Å². The van der Waals surface area contributed by atoms with Gasteiger partial charge in [-0.3, -0.25) is 0 Å². The van der Waals surface area contributed by atoms with Gasteiger partial charge < -0.3 is 6.92 Å². The third-order valence-corrected chi connectivity index (χ3v) is 8.13. The average molecular weight is 714 g/mol. The molecule has 0 amide bonds. The summed E-state index contributed by atoms with van der Waals surface area (Å²) >= 11 is -0.826. The van der Waals surface area contributed by atoms with Crippen LogP contribution < -0.4 is 0 Å². The van der Waals surface area contributed by atoms with Gasteiger partial charge in [-0.2, -0.15) is 19.1 Å². The van der Waals surface area contributed by atoms with Gasteiger partial charge in [0, 0.05) is 0 Å². The van der Waals surface area contributed by atoms with Gasteiger partial charge in [-0.1, -0.05) is 121 Å². The first kappa shape index (κ1) is 37.0. The van der Waals surface area contributed by atoms with E-state index in [1.54, 1.807) is 6.92 Å². The molecule has 0 bridgehead atoms. The second-order valence-electron chi connectivity index (χ2n) is 12.3. The Morgan fingerprint density at radius 1 is 0.444 bits per heavy atom. The number of halogens is 2. The molecule has 0 fully saturated rings. The number of hydrogen-bond donors (Lipinski definition) is 0. The van der Waals surface area contributed by atoms with Gasteiger partial charge in [-0.25, -0.2) is 0 Å². The van der Waals surface area contributed by atoms with E-state index in [0.717, 1.165) is 0 Å². The molecule has 6 aromatic carbocycles. The van der Waals surface area contributed by atoms with Crippen LogP contribution in [0, 0.1) is 76.2 Å². The van der Waals surface area contributed by atoms with Crippen molar-refractivity contribution in [1.29, 1.82) is 0 Å². The number of fused-ring (bicyclic) bond motifs is 2. The third-order valence-electron chi connectivity index (χ3n) is 8.13. The van der Waals surface area contributed by atoms with Crippen LogP contribution in [0.3, 0.4) is 0 Å². The van der Waals surface area contributed by atoms with Gasteiger partial charge in [0.15, 0.2) is 0 Å². The fourth-order valence-corrected chi connectivity index (χ4v) is 6.75. The summed E-state index contributed by atoms with van der Waals surface area (Å²) in [4.78, 5) is 0. The summed E-state index contributed by atoms with van der Waals surface area (Å²) in [6, 6.07) is 27.5. The van der Waals surface area contributed by atoms with Crippen LogP contribution in [0.1, 0.15) is 62.6 Å². The van der Waals surface area contributed by atoms with Crippen molar-refractivity contribution in [2.45, 2.75) is 76.2 Å². The summed E-state index contributed by atoms with van der Waals surface area (Å²) in [5, 5.41) is 5.57. The van der Waals surface area contributed by atoms with Crippen molar-refractivity contribution in [2.24, 2.45) is 0 Å². The summed E-state index contributed by atoms with van der Waals surface area (Å²) in [5.74, 6) is 0. The molecule has 0 aromatic heterocycles. The summed E-state index contributed by atoms with van der Waals surface area (Å²) in [6.07, 6.45) is 0. The molecule has 0 nitrogen and oxygen atoms in total. The van der Waals surface area contributed by atoms with Crippen LogP contribution in [0.25, 0.3) is 43.8 Å². The van der Waals surface area contributed by atoms with Crippen molar-refractivity contribution in [2.75, 3.05) is 0 Å². The predicted molar refractivity (Wildman–Crippen MR) is 200 cm³/mol. The second-order valence-corrected chi connectivity index (χ2v) is 16.0. The maximum atomic E-state index is 4.93. The van der Waals surface area contributed by atoms with Gasteiger partial charge in [0.1, 0.15) is 0 Å². The Balaban J connectivity index is 0.000000215. The van der Waals surface area contributed by atoms with E-state index in [2.05, 4.69) is 149 Å². The molecule has 0 spiro atoms. The van der Waals surface area contributed by atoms with Gasteiger partial charge >= 0.3 is 37.9 Å². The van der Waals surface area contributed by atoms with E-state index in [9.17, 15) is 0 Å². The van der Waals surface area contributed by atoms with E-state index in [0.29, 0.717) is 0 Å². The minimum atomic E-state index is -0.826. The van der Waals surface area contributed by atoms with Crippen LogP contribution in [0.4, 0.5) is 0 Å². The van der Waals surface area contributed by atoms with E-state index in [1.165, 1.54) is 99.4 Å². The number of rotatable bonds is 2. The Morgan fingerprint density at radius 2 is 0.733 bits per heavy atom. The number of hydrogen-bond acceptors (Lipinski definition) is 0. The van der Waals surface area contributed by atoms with Crippen LogP contribution in [0.15, 0.2) is 72.8 Å². The topological polar surface area (TPSA) is 0 Å². The summed E-state index contributed by atoms with van der Waals surface area (Å²) in [7, 11) is 9.87. The first-order valence-electron chi connectivity index (χ1n) is 15.5. The maximum absolute atomic E-state index is 4.93. The average Bonchev–Trinajstić information content (AvgIpc) is 3.52. The Kier molecular flexibility index (Phi) is 13.5. The van der Waals surface area contributed by atoms with Gasteiger partial charge in [-0.05, 0) is 52.7 Å². The molecular weight excluding hydrogens is 667 g/mol. The zero-order valence-corrected chi connectivity index (χ0v) is 32.9. The zero-order valence-electron chi connectivity index (χ0n) is 28.9. The quantitative estimate of drug-likeness (QED) is 0.157. The molecule has 0 N–H and O–H groups in total. The van der Waals surface area contributed by atoms with Crippen molar-refractivity contribution in [1.82, 2.24) is 0 Å². The van der Waals surface area contributed by atoms with Crippen molar-refractivity contribution in [3.05, 3.63) is 135 Å². The van der Waals surface area contributed by atoms with Crippen LogP contribution in [0.2, 0.25) is 0 Å². The first-order chi connectivity index (χ1) is 21.3. The van der Waals surface area contributed by atoms with Crippen molar-refractivity contribution in [3.8, 4) is 22.3 Å². The molecule has 0 radical (unpaired) electrons. The van der Waals surface area contributed by atoms with Crippen LogP contribution in [-0.2, 0) is 20.8 Å². The monoisotopic (exact) mass is 711 g/mol. The Bertz CT molecular complexity index is 1740. The summed E-state index contributed by atoms with van der Waals surface area (Å²) in [5.41, 5.74) is 19.0. The molecule has 0 heterocycles. The fourth-order valence-electron chi connectivity index (χ4n) is 6.75. The molecule has 0 atom stereocenters. The van der Waals surface area contributed by atoms with E-state index in [-0.39, 0.29) is 0 Å². The van der Waals surface area contributed by atoms with Crippen molar-refractivity contribution >= 4 is 38.6 Å².